The summed E-state index contributed by atoms with van der Waals surface area (Å²) < 4.78 is 43.0. The van der Waals surface area contributed by atoms with Crippen LogP contribution in [0.25, 0.3) is 16.3 Å². The van der Waals surface area contributed by atoms with Crippen LogP contribution in [0.2, 0.25) is 0 Å². The van der Waals surface area contributed by atoms with Crippen molar-refractivity contribution in [1.29, 1.82) is 0 Å². The van der Waals surface area contributed by atoms with Gasteiger partial charge in [-0.1, -0.05) is 78.9 Å². The SMILES string of the molecule is Fc1cc(C2(c3ccc4ccccc4c3)C=CC=C3[Si]=c4ccccc4=C32)cc(F)c1F. The topological polar surface area (TPSA) is 0 Å². The summed E-state index contributed by atoms with van der Waals surface area (Å²) in [6.07, 6.45) is 6.00. The van der Waals surface area contributed by atoms with Crippen LogP contribution in [0.3, 0.4) is 0 Å². The molecule has 0 bridgehead atoms. The van der Waals surface area contributed by atoms with Crippen molar-refractivity contribution in [3.8, 4) is 0 Å². The molecule has 1 radical (unpaired) electrons. The van der Waals surface area contributed by atoms with Crippen LogP contribution in [-0.4, -0.2) is 9.13 Å². The number of benzene rings is 4. The fourth-order valence-electron chi connectivity index (χ4n) is 4.95. The van der Waals surface area contributed by atoms with Crippen molar-refractivity contribution >= 4 is 25.5 Å². The van der Waals surface area contributed by atoms with Crippen LogP contribution in [0.4, 0.5) is 13.2 Å². The molecule has 0 nitrogen and oxygen atoms in total. The summed E-state index contributed by atoms with van der Waals surface area (Å²) >= 11 is 0. The van der Waals surface area contributed by atoms with Crippen LogP contribution in [-0.2, 0) is 5.41 Å². The summed E-state index contributed by atoms with van der Waals surface area (Å²) in [5.41, 5.74) is 1.33. The van der Waals surface area contributed by atoms with E-state index in [0.717, 1.165) is 44.5 Å². The smallest absolute Gasteiger partial charge is 0.194 e. The molecular weight excluding hydrogens is 421 g/mol. The molecule has 2 aliphatic rings. The van der Waals surface area contributed by atoms with E-state index in [1.807, 2.05) is 60.7 Å². The lowest BCUT2D eigenvalue weighted by Gasteiger charge is -2.37. The van der Waals surface area contributed by atoms with E-state index in [9.17, 15) is 13.2 Å². The highest BCUT2D eigenvalue weighted by Gasteiger charge is 2.41. The lowest BCUT2D eigenvalue weighted by Crippen LogP contribution is -2.33. The molecule has 0 spiro atoms. The molecule has 4 aromatic rings. The van der Waals surface area contributed by atoms with Crippen LogP contribution in [0.15, 0.2) is 102 Å². The molecule has 4 aromatic carbocycles. The van der Waals surface area contributed by atoms with E-state index in [-0.39, 0.29) is 0 Å². The van der Waals surface area contributed by atoms with Crippen LogP contribution < -0.4 is 5.22 Å². The predicted octanol–water partition coefficient (Wildman–Crippen LogP) is 5.82. The molecule has 0 N–H and O–H groups in total. The second-order valence-corrected chi connectivity index (χ2v) is 9.44. The van der Waals surface area contributed by atoms with Gasteiger partial charge in [0.1, 0.15) is 0 Å². The summed E-state index contributed by atoms with van der Waals surface area (Å²) in [5, 5.41) is 4.31. The number of hydrogen-bond acceptors (Lipinski definition) is 0. The molecule has 6 rings (SSSR count). The van der Waals surface area contributed by atoms with Gasteiger partial charge in [0.15, 0.2) is 17.5 Å². The van der Waals surface area contributed by atoms with Gasteiger partial charge in [0.05, 0.1) is 14.5 Å². The first kappa shape index (κ1) is 19.2. The maximum Gasteiger partial charge on any atom is 0.194 e. The Hall–Kier alpha value is -3.50. The molecule has 0 saturated carbocycles. The van der Waals surface area contributed by atoms with Crippen molar-refractivity contribution < 1.29 is 13.2 Å². The van der Waals surface area contributed by atoms with E-state index in [1.165, 1.54) is 4.81 Å². The summed E-state index contributed by atoms with van der Waals surface area (Å²) in [7, 11) is 0.450. The molecule has 1 aliphatic heterocycles. The van der Waals surface area contributed by atoms with Gasteiger partial charge < -0.3 is 0 Å². The largest absolute Gasteiger partial charge is 0.204 e. The minimum Gasteiger partial charge on any atom is -0.204 e. The minimum absolute atomic E-state index is 0.377. The van der Waals surface area contributed by atoms with Crippen molar-refractivity contribution in [2.24, 2.45) is 0 Å². The Balaban J connectivity index is 1.77. The van der Waals surface area contributed by atoms with Gasteiger partial charge in [0, 0.05) is 0 Å². The summed E-state index contributed by atoms with van der Waals surface area (Å²) in [4.78, 5) is 1.20. The standard InChI is InChI=1S/C28H16F3Si/c29-22-15-20(16-23(30)27(22)31)28(19-12-11-17-6-1-2-7-18(17)14-19)13-5-10-25-26(28)21-8-3-4-9-24(21)32-25/h1-16H. The zero-order valence-corrected chi connectivity index (χ0v) is 17.9. The van der Waals surface area contributed by atoms with Gasteiger partial charge in [-0.2, -0.15) is 0 Å². The maximum absolute atomic E-state index is 14.5. The third-order valence-corrected chi connectivity index (χ3v) is 7.77. The van der Waals surface area contributed by atoms with Crippen LogP contribution >= 0.6 is 0 Å². The average Bonchev–Trinajstić information content (AvgIpc) is 3.21. The first-order valence-electron chi connectivity index (χ1n) is 10.4. The van der Waals surface area contributed by atoms with Gasteiger partial charge in [0.2, 0.25) is 0 Å². The van der Waals surface area contributed by atoms with Gasteiger partial charge in [0.25, 0.3) is 0 Å². The first-order valence-corrected chi connectivity index (χ1v) is 11.4. The Kier molecular flexibility index (Phi) is 4.20. The van der Waals surface area contributed by atoms with Crippen molar-refractivity contribution in [3.05, 3.63) is 141 Å². The summed E-state index contributed by atoms with van der Waals surface area (Å²) in [5.74, 6) is -3.81. The zero-order chi connectivity index (χ0) is 21.9. The van der Waals surface area contributed by atoms with Crippen LogP contribution in [0.1, 0.15) is 11.1 Å². The quantitative estimate of drug-likeness (QED) is 0.274. The lowest BCUT2D eigenvalue weighted by molar-refractivity contribution is 0.444. The molecular formula is C28H16F3Si. The van der Waals surface area contributed by atoms with E-state index in [2.05, 4.69) is 24.3 Å². The molecule has 0 aromatic heterocycles. The van der Waals surface area contributed by atoms with Crippen LogP contribution in [0, 0.1) is 22.3 Å². The van der Waals surface area contributed by atoms with E-state index in [0.29, 0.717) is 14.7 Å². The Morgan fingerprint density at radius 1 is 0.688 bits per heavy atom. The van der Waals surface area contributed by atoms with Gasteiger partial charge >= 0.3 is 0 Å². The number of halogens is 3. The van der Waals surface area contributed by atoms with Crippen molar-refractivity contribution in [1.82, 2.24) is 0 Å². The minimum atomic E-state index is -1.45. The number of fused-ring (bicyclic) bond motifs is 3. The molecule has 0 amide bonds. The Morgan fingerprint density at radius 2 is 1.41 bits per heavy atom. The highest BCUT2D eigenvalue weighted by Crippen LogP contribution is 2.47. The van der Waals surface area contributed by atoms with E-state index < -0.39 is 22.9 Å². The third-order valence-electron chi connectivity index (χ3n) is 6.38. The first-order chi connectivity index (χ1) is 15.6. The molecule has 32 heavy (non-hydrogen) atoms. The Morgan fingerprint density at radius 3 is 2.22 bits per heavy atom. The second-order valence-electron chi connectivity index (χ2n) is 8.11. The maximum atomic E-state index is 14.5. The van der Waals surface area contributed by atoms with E-state index >= 15 is 0 Å². The van der Waals surface area contributed by atoms with Gasteiger partial charge in [-0.25, -0.2) is 13.2 Å². The molecule has 1 atom stereocenters. The predicted molar refractivity (Wildman–Crippen MR) is 122 cm³/mol. The molecule has 1 unspecified atom stereocenters. The number of rotatable bonds is 2. The lowest BCUT2D eigenvalue weighted by atomic mass is 9.66. The van der Waals surface area contributed by atoms with Crippen molar-refractivity contribution in [2.45, 2.75) is 5.41 Å². The number of hydrogen-bond donors (Lipinski definition) is 0. The summed E-state index contributed by atoms with van der Waals surface area (Å²) in [6, 6.07) is 24.5. The van der Waals surface area contributed by atoms with Crippen LogP contribution in [0.5, 0.6) is 0 Å². The Labute approximate surface area is 185 Å². The normalized spacial score (nSPS) is 18.8. The molecule has 1 aliphatic carbocycles. The average molecular weight is 438 g/mol. The van der Waals surface area contributed by atoms with Crippen molar-refractivity contribution in [3.63, 3.8) is 0 Å². The third kappa shape index (κ3) is 2.66. The fraction of sp³-hybridized carbons (Fsp3) is 0.0357. The highest BCUT2D eigenvalue weighted by molar-refractivity contribution is 6.45. The van der Waals surface area contributed by atoms with Gasteiger partial charge in [-0.3, -0.25) is 0 Å². The second kappa shape index (κ2) is 7.00. The molecule has 4 heteroatoms. The van der Waals surface area contributed by atoms with E-state index in [1.54, 1.807) is 0 Å². The van der Waals surface area contributed by atoms with Crippen molar-refractivity contribution in [2.75, 3.05) is 0 Å². The molecule has 0 saturated heterocycles. The molecule has 153 valence electrons. The Bertz CT molecular complexity index is 1590. The zero-order valence-electron chi connectivity index (χ0n) is 16.9. The fourth-order valence-corrected chi connectivity index (χ4v) is 6.40. The van der Waals surface area contributed by atoms with Gasteiger partial charge in [-0.05, 0) is 60.9 Å². The monoisotopic (exact) mass is 437 g/mol. The molecule has 0 fully saturated rings. The highest BCUT2D eigenvalue weighted by atomic mass is 28.2. The van der Waals surface area contributed by atoms with E-state index in [4.69, 9.17) is 0 Å². The molecule has 1 heterocycles. The van der Waals surface area contributed by atoms with Gasteiger partial charge in [-0.15, -0.1) is 0 Å². The number of allylic oxidation sites excluding steroid dienone is 4. The summed E-state index contributed by atoms with van der Waals surface area (Å²) in [6.45, 7) is 0.